The quantitative estimate of drug-likeness (QED) is 0.324. The van der Waals surface area contributed by atoms with Gasteiger partial charge in [-0.1, -0.05) is 39.8 Å². The maximum absolute atomic E-state index is 11.8. The fraction of sp³-hybridized carbons (Fsp3) is 0.696. The van der Waals surface area contributed by atoms with E-state index in [-0.39, 0.29) is 23.0 Å². The molecule has 0 heterocycles. The standard InChI is InChI=1S/C23H40O5Si/c1-9-27-22(24)15-10-18(2)21(28-29(7,8)23(3,4)5)17-26-16-19-11-13-20(25-6)14-12-19/h11-14,18,21H,9-10,15-17H2,1-8H3/t18-,21-/m0/s1. The highest BCUT2D eigenvalue weighted by molar-refractivity contribution is 6.74. The second-order valence-electron chi connectivity index (χ2n) is 9.10. The van der Waals surface area contributed by atoms with E-state index in [1.807, 2.05) is 31.2 Å². The summed E-state index contributed by atoms with van der Waals surface area (Å²) in [6.45, 7) is 16.6. The van der Waals surface area contributed by atoms with Crippen molar-refractivity contribution >= 4 is 14.3 Å². The minimum absolute atomic E-state index is 0.0523. The summed E-state index contributed by atoms with van der Waals surface area (Å²) in [5.41, 5.74) is 1.09. The molecule has 0 saturated carbocycles. The van der Waals surface area contributed by atoms with Gasteiger partial charge in [0, 0.05) is 6.42 Å². The number of esters is 1. The van der Waals surface area contributed by atoms with Gasteiger partial charge in [-0.2, -0.15) is 0 Å². The van der Waals surface area contributed by atoms with Crippen LogP contribution in [0.5, 0.6) is 5.75 Å². The third kappa shape index (κ3) is 8.89. The fourth-order valence-electron chi connectivity index (χ4n) is 2.65. The number of rotatable bonds is 12. The van der Waals surface area contributed by atoms with Gasteiger partial charge < -0.3 is 18.6 Å². The lowest BCUT2D eigenvalue weighted by molar-refractivity contribution is -0.143. The van der Waals surface area contributed by atoms with Crippen LogP contribution < -0.4 is 4.74 Å². The lowest BCUT2D eigenvalue weighted by atomic mass is 9.99. The first kappa shape index (κ1) is 25.7. The van der Waals surface area contributed by atoms with Crippen LogP contribution in [0, 0.1) is 5.92 Å². The van der Waals surface area contributed by atoms with Gasteiger partial charge in [-0.05, 0) is 55.1 Å². The van der Waals surface area contributed by atoms with Gasteiger partial charge in [-0.3, -0.25) is 4.79 Å². The number of hydrogen-bond acceptors (Lipinski definition) is 5. The van der Waals surface area contributed by atoms with Crippen molar-refractivity contribution in [1.82, 2.24) is 0 Å². The second-order valence-corrected chi connectivity index (χ2v) is 13.9. The number of carbonyl (C=O) groups is 1. The number of hydrogen-bond donors (Lipinski definition) is 0. The van der Waals surface area contributed by atoms with Gasteiger partial charge >= 0.3 is 5.97 Å². The van der Waals surface area contributed by atoms with Crippen molar-refractivity contribution in [3.05, 3.63) is 29.8 Å². The molecule has 1 aromatic rings. The Hall–Kier alpha value is -1.37. The summed E-state index contributed by atoms with van der Waals surface area (Å²) in [6.07, 6.45) is 1.08. The summed E-state index contributed by atoms with van der Waals surface area (Å²) in [6, 6.07) is 7.88. The molecule has 0 saturated heterocycles. The Balaban J connectivity index is 2.73. The third-order valence-corrected chi connectivity index (χ3v) is 10.2. The van der Waals surface area contributed by atoms with Gasteiger partial charge in [0.2, 0.25) is 0 Å². The van der Waals surface area contributed by atoms with Crippen molar-refractivity contribution < 1.29 is 23.4 Å². The molecule has 1 rings (SSSR count). The zero-order chi connectivity index (χ0) is 22.1. The molecule has 0 amide bonds. The van der Waals surface area contributed by atoms with Crippen LogP contribution in [0.25, 0.3) is 0 Å². The summed E-state index contributed by atoms with van der Waals surface area (Å²) in [5, 5.41) is 0.113. The van der Waals surface area contributed by atoms with Crippen LogP contribution >= 0.6 is 0 Å². The topological polar surface area (TPSA) is 54.0 Å². The molecule has 0 spiro atoms. The van der Waals surface area contributed by atoms with E-state index in [0.29, 0.717) is 26.2 Å². The molecule has 0 unspecified atom stereocenters. The van der Waals surface area contributed by atoms with E-state index in [1.54, 1.807) is 7.11 Å². The molecule has 0 N–H and O–H groups in total. The number of methoxy groups -OCH3 is 1. The molecule has 0 aliphatic rings. The molecule has 2 atom stereocenters. The normalized spacial score (nSPS) is 14.3. The molecule has 6 heteroatoms. The van der Waals surface area contributed by atoms with Crippen LogP contribution in [-0.2, 0) is 25.3 Å². The number of ether oxygens (including phenoxy) is 3. The van der Waals surface area contributed by atoms with E-state index in [2.05, 4.69) is 40.8 Å². The van der Waals surface area contributed by atoms with Gasteiger partial charge in [0.25, 0.3) is 0 Å². The summed E-state index contributed by atoms with van der Waals surface area (Å²) in [5.74, 6) is 0.884. The lowest BCUT2D eigenvalue weighted by Crippen LogP contribution is -2.47. The zero-order valence-electron chi connectivity index (χ0n) is 19.5. The first-order valence-corrected chi connectivity index (χ1v) is 13.4. The highest BCUT2D eigenvalue weighted by Gasteiger charge is 2.40. The Kier molecular flexibility index (Phi) is 10.4. The predicted octanol–water partition coefficient (Wildman–Crippen LogP) is 5.58. The second kappa shape index (κ2) is 11.7. The molecule has 1 aromatic carbocycles. The SMILES string of the molecule is CCOC(=O)CC[C@H](C)[C@H](COCc1ccc(OC)cc1)O[Si](C)(C)C(C)(C)C. The van der Waals surface area contributed by atoms with E-state index < -0.39 is 8.32 Å². The Bertz CT molecular complexity index is 607. The van der Waals surface area contributed by atoms with Crippen LogP contribution in [0.4, 0.5) is 0 Å². The molecule has 0 aromatic heterocycles. The molecule has 29 heavy (non-hydrogen) atoms. The van der Waals surface area contributed by atoms with Crippen LogP contribution in [0.3, 0.4) is 0 Å². The smallest absolute Gasteiger partial charge is 0.305 e. The van der Waals surface area contributed by atoms with Crippen molar-refractivity contribution in [2.24, 2.45) is 5.92 Å². The van der Waals surface area contributed by atoms with Crippen LogP contribution in [0.2, 0.25) is 18.1 Å². The van der Waals surface area contributed by atoms with E-state index >= 15 is 0 Å². The number of carbonyl (C=O) groups excluding carboxylic acids is 1. The average Bonchev–Trinajstić information content (AvgIpc) is 2.65. The summed E-state index contributed by atoms with van der Waals surface area (Å²) < 4.78 is 23.0. The number of benzene rings is 1. The van der Waals surface area contributed by atoms with Crippen molar-refractivity contribution in [2.75, 3.05) is 20.3 Å². The molecule has 0 radical (unpaired) electrons. The van der Waals surface area contributed by atoms with E-state index in [0.717, 1.165) is 17.7 Å². The molecular weight excluding hydrogens is 384 g/mol. The minimum atomic E-state index is -1.96. The minimum Gasteiger partial charge on any atom is -0.497 e. The summed E-state index contributed by atoms with van der Waals surface area (Å²) in [7, 11) is -0.298. The molecule has 5 nitrogen and oxygen atoms in total. The zero-order valence-corrected chi connectivity index (χ0v) is 20.5. The maximum Gasteiger partial charge on any atom is 0.305 e. The van der Waals surface area contributed by atoms with Crippen molar-refractivity contribution in [2.45, 2.75) is 78.3 Å². The highest BCUT2D eigenvalue weighted by Crippen LogP contribution is 2.38. The lowest BCUT2D eigenvalue weighted by Gasteiger charge is -2.41. The fourth-order valence-corrected chi connectivity index (χ4v) is 4.06. The summed E-state index contributed by atoms with van der Waals surface area (Å²) >= 11 is 0. The monoisotopic (exact) mass is 424 g/mol. The van der Waals surface area contributed by atoms with Crippen molar-refractivity contribution in [3.8, 4) is 5.75 Å². The largest absolute Gasteiger partial charge is 0.497 e. The van der Waals surface area contributed by atoms with Crippen LogP contribution in [0.15, 0.2) is 24.3 Å². The molecular formula is C23H40O5Si. The average molecular weight is 425 g/mol. The van der Waals surface area contributed by atoms with Gasteiger partial charge in [0.1, 0.15) is 5.75 Å². The van der Waals surface area contributed by atoms with E-state index in [9.17, 15) is 4.79 Å². The molecule has 0 aliphatic heterocycles. The first-order valence-electron chi connectivity index (χ1n) is 10.5. The Labute approximate surface area is 178 Å². The third-order valence-electron chi connectivity index (χ3n) is 5.71. The highest BCUT2D eigenvalue weighted by atomic mass is 28.4. The Morgan fingerprint density at radius 2 is 1.76 bits per heavy atom. The van der Waals surface area contributed by atoms with Crippen molar-refractivity contribution in [1.29, 1.82) is 0 Å². The van der Waals surface area contributed by atoms with Gasteiger partial charge in [-0.25, -0.2) is 0 Å². The molecule has 0 fully saturated rings. The van der Waals surface area contributed by atoms with Crippen LogP contribution in [0.1, 0.15) is 53.0 Å². The maximum atomic E-state index is 11.8. The molecule has 0 bridgehead atoms. The van der Waals surface area contributed by atoms with Crippen LogP contribution in [-0.4, -0.2) is 40.7 Å². The van der Waals surface area contributed by atoms with Gasteiger partial charge in [0.05, 0.1) is 33.0 Å². The summed E-state index contributed by atoms with van der Waals surface area (Å²) in [4.78, 5) is 11.8. The molecule has 0 aliphatic carbocycles. The van der Waals surface area contributed by atoms with Crippen molar-refractivity contribution in [3.63, 3.8) is 0 Å². The first-order chi connectivity index (χ1) is 13.5. The van der Waals surface area contributed by atoms with E-state index in [4.69, 9.17) is 18.6 Å². The Morgan fingerprint density at radius 3 is 2.28 bits per heavy atom. The van der Waals surface area contributed by atoms with E-state index in [1.165, 1.54) is 0 Å². The van der Waals surface area contributed by atoms with Gasteiger partial charge in [-0.15, -0.1) is 0 Å². The predicted molar refractivity (Wildman–Crippen MR) is 120 cm³/mol. The Morgan fingerprint density at radius 1 is 1.14 bits per heavy atom. The van der Waals surface area contributed by atoms with Gasteiger partial charge in [0.15, 0.2) is 8.32 Å². The molecule has 166 valence electrons.